The highest BCUT2D eigenvalue weighted by molar-refractivity contribution is 5.95. The fourth-order valence-electron chi connectivity index (χ4n) is 2.66. The summed E-state index contributed by atoms with van der Waals surface area (Å²) in [5, 5.41) is 4.55. The Labute approximate surface area is 128 Å². The quantitative estimate of drug-likeness (QED) is 0.696. The summed E-state index contributed by atoms with van der Waals surface area (Å²) in [6.45, 7) is 5.36. The number of ketones is 1. The van der Waals surface area contributed by atoms with Gasteiger partial charge in [-0.05, 0) is 38.5 Å². The molecule has 0 saturated carbocycles. The molecule has 3 rings (SSSR count). The molecule has 0 aliphatic rings. The third-order valence-electron chi connectivity index (χ3n) is 3.80. The molecule has 112 valence electrons. The number of ether oxygens (including phenoxy) is 1. The maximum atomic E-state index is 11.7. The van der Waals surface area contributed by atoms with E-state index >= 15 is 0 Å². The van der Waals surface area contributed by atoms with Crippen molar-refractivity contribution in [1.82, 2.24) is 14.6 Å². The van der Waals surface area contributed by atoms with Crippen LogP contribution in [0.1, 0.15) is 28.7 Å². The van der Waals surface area contributed by atoms with E-state index in [9.17, 15) is 4.79 Å². The van der Waals surface area contributed by atoms with Gasteiger partial charge in [-0.1, -0.05) is 12.1 Å². The van der Waals surface area contributed by atoms with Crippen LogP contribution in [0, 0.1) is 13.8 Å². The number of aromatic nitrogens is 3. The monoisotopic (exact) mass is 295 g/mol. The van der Waals surface area contributed by atoms with E-state index in [0.717, 1.165) is 33.9 Å². The number of carbonyl (C=O) groups is 1. The lowest BCUT2D eigenvalue weighted by Crippen LogP contribution is -2.05. The van der Waals surface area contributed by atoms with Gasteiger partial charge in [0.15, 0.2) is 11.4 Å². The predicted molar refractivity (Wildman–Crippen MR) is 84.5 cm³/mol. The zero-order valence-corrected chi connectivity index (χ0v) is 13.0. The van der Waals surface area contributed by atoms with Gasteiger partial charge in [-0.25, -0.2) is 9.50 Å². The van der Waals surface area contributed by atoms with Crippen molar-refractivity contribution >= 4 is 11.4 Å². The summed E-state index contributed by atoms with van der Waals surface area (Å²) in [5.74, 6) is 0.774. The molecule has 2 heterocycles. The van der Waals surface area contributed by atoms with Crippen molar-refractivity contribution in [1.29, 1.82) is 0 Å². The van der Waals surface area contributed by atoms with Gasteiger partial charge < -0.3 is 4.74 Å². The summed E-state index contributed by atoms with van der Waals surface area (Å²) in [6.07, 6.45) is 1.62. The summed E-state index contributed by atoms with van der Waals surface area (Å²) >= 11 is 0. The number of hydrogen-bond acceptors (Lipinski definition) is 4. The second-order valence-electron chi connectivity index (χ2n) is 5.24. The molecule has 0 atom stereocenters. The van der Waals surface area contributed by atoms with Crippen LogP contribution in [-0.4, -0.2) is 27.5 Å². The third-order valence-corrected chi connectivity index (χ3v) is 3.80. The number of hydrogen-bond donors (Lipinski definition) is 0. The molecule has 0 aliphatic heterocycles. The van der Waals surface area contributed by atoms with Crippen LogP contribution < -0.4 is 4.74 Å². The minimum atomic E-state index is -0.0111. The number of carbonyl (C=O) groups excluding carboxylic acids is 1. The van der Waals surface area contributed by atoms with E-state index in [-0.39, 0.29) is 5.78 Å². The van der Waals surface area contributed by atoms with Crippen molar-refractivity contribution in [2.24, 2.45) is 0 Å². The normalized spacial score (nSPS) is 10.9. The maximum Gasteiger partial charge on any atom is 0.163 e. The van der Waals surface area contributed by atoms with Crippen molar-refractivity contribution in [3.63, 3.8) is 0 Å². The van der Waals surface area contributed by atoms with E-state index in [4.69, 9.17) is 4.74 Å². The van der Waals surface area contributed by atoms with Crippen LogP contribution in [-0.2, 0) is 0 Å². The van der Waals surface area contributed by atoms with E-state index in [0.29, 0.717) is 5.56 Å². The predicted octanol–water partition coefficient (Wildman–Crippen LogP) is 3.22. The Balaban J connectivity index is 2.29. The molecule has 0 radical (unpaired) electrons. The number of benzene rings is 1. The first-order valence-electron chi connectivity index (χ1n) is 7.03. The Bertz CT molecular complexity index is 881. The number of nitrogens with zero attached hydrogens (tertiary/aromatic N) is 3. The minimum absolute atomic E-state index is 0.0111. The van der Waals surface area contributed by atoms with Gasteiger partial charge in [0.05, 0.1) is 24.1 Å². The van der Waals surface area contributed by atoms with Crippen LogP contribution in [0.3, 0.4) is 0 Å². The summed E-state index contributed by atoms with van der Waals surface area (Å²) in [4.78, 5) is 16.1. The van der Waals surface area contributed by atoms with Gasteiger partial charge >= 0.3 is 0 Å². The van der Waals surface area contributed by atoms with Crippen molar-refractivity contribution in [2.75, 3.05) is 7.11 Å². The van der Waals surface area contributed by atoms with Gasteiger partial charge in [0.1, 0.15) is 5.75 Å². The maximum absolute atomic E-state index is 11.7. The Morgan fingerprint density at radius 3 is 2.73 bits per heavy atom. The topological polar surface area (TPSA) is 56.5 Å². The second-order valence-corrected chi connectivity index (χ2v) is 5.24. The zero-order chi connectivity index (χ0) is 15.9. The first-order chi connectivity index (χ1) is 10.5. The molecule has 0 spiro atoms. The van der Waals surface area contributed by atoms with Crippen LogP contribution in [0.25, 0.3) is 16.8 Å². The summed E-state index contributed by atoms with van der Waals surface area (Å²) in [5.41, 5.74) is 4.95. The Kier molecular flexibility index (Phi) is 3.41. The van der Waals surface area contributed by atoms with Crippen LogP contribution in [0.15, 0.2) is 30.5 Å². The van der Waals surface area contributed by atoms with Crippen molar-refractivity contribution < 1.29 is 9.53 Å². The highest BCUT2D eigenvalue weighted by Gasteiger charge is 2.17. The number of methoxy groups -OCH3 is 1. The van der Waals surface area contributed by atoms with Crippen LogP contribution in [0.5, 0.6) is 5.75 Å². The Morgan fingerprint density at radius 2 is 2.05 bits per heavy atom. The lowest BCUT2D eigenvalue weighted by atomic mass is 10.1. The van der Waals surface area contributed by atoms with Crippen molar-refractivity contribution in [3.05, 3.63) is 47.4 Å². The van der Waals surface area contributed by atoms with Gasteiger partial charge in [-0.2, -0.15) is 5.10 Å². The summed E-state index contributed by atoms with van der Waals surface area (Å²) in [6, 6.07) is 7.80. The van der Waals surface area contributed by atoms with E-state index < -0.39 is 0 Å². The van der Waals surface area contributed by atoms with Gasteiger partial charge in [-0.3, -0.25) is 4.79 Å². The lowest BCUT2D eigenvalue weighted by molar-refractivity contribution is 0.101. The average Bonchev–Trinajstić information content (AvgIpc) is 2.84. The molecule has 0 N–H and O–H groups in total. The summed E-state index contributed by atoms with van der Waals surface area (Å²) < 4.78 is 7.02. The molecule has 0 amide bonds. The van der Waals surface area contributed by atoms with E-state index in [1.807, 2.05) is 38.1 Å². The number of fused-ring (bicyclic) bond motifs is 1. The van der Waals surface area contributed by atoms with Gasteiger partial charge in [-0.15, -0.1) is 0 Å². The second kappa shape index (κ2) is 5.26. The zero-order valence-electron chi connectivity index (χ0n) is 13.0. The fourth-order valence-corrected chi connectivity index (χ4v) is 2.66. The molecule has 5 heteroatoms. The van der Waals surface area contributed by atoms with Crippen LogP contribution in [0.4, 0.5) is 0 Å². The first-order valence-corrected chi connectivity index (χ1v) is 7.03. The van der Waals surface area contributed by atoms with Gasteiger partial charge in [0.2, 0.25) is 0 Å². The van der Waals surface area contributed by atoms with Gasteiger partial charge in [0.25, 0.3) is 0 Å². The molecule has 3 aromatic rings. The largest absolute Gasteiger partial charge is 0.497 e. The molecule has 5 nitrogen and oxygen atoms in total. The number of aryl methyl sites for hydroxylation is 2. The standard InChI is InChI=1S/C17H17N3O2/c1-10-16(13-6-5-7-14(8-13)22-4)17-18-9-15(12(3)21)11(2)20(17)19-10/h5-9H,1-4H3. The molecular weight excluding hydrogens is 278 g/mol. The van der Waals surface area contributed by atoms with Crippen LogP contribution in [0.2, 0.25) is 0 Å². The molecule has 0 bridgehead atoms. The molecule has 2 aromatic heterocycles. The van der Waals surface area contributed by atoms with E-state index in [1.54, 1.807) is 17.8 Å². The average molecular weight is 295 g/mol. The van der Waals surface area contributed by atoms with E-state index in [1.165, 1.54) is 6.92 Å². The first kappa shape index (κ1) is 14.3. The number of rotatable bonds is 3. The molecule has 0 saturated heterocycles. The molecule has 1 aromatic carbocycles. The molecule has 0 fully saturated rings. The smallest absolute Gasteiger partial charge is 0.163 e. The molecular formula is C17H17N3O2. The van der Waals surface area contributed by atoms with Gasteiger partial charge in [0, 0.05) is 11.8 Å². The van der Waals surface area contributed by atoms with E-state index in [2.05, 4.69) is 10.1 Å². The molecule has 0 aliphatic carbocycles. The summed E-state index contributed by atoms with van der Waals surface area (Å²) in [7, 11) is 1.64. The Morgan fingerprint density at radius 1 is 1.27 bits per heavy atom. The highest BCUT2D eigenvalue weighted by atomic mass is 16.5. The SMILES string of the molecule is COc1cccc(-c2c(C)nn3c(C)c(C(C)=O)cnc23)c1. The van der Waals surface area contributed by atoms with Crippen molar-refractivity contribution in [3.8, 4) is 16.9 Å². The highest BCUT2D eigenvalue weighted by Crippen LogP contribution is 2.30. The minimum Gasteiger partial charge on any atom is -0.497 e. The van der Waals surface area contributed by atoms with Crippen molar-refractivity contribution in [2.45, 2.75) is 20.8 Å². The lowest BCUT2D eigenvalue weighted by Gasteiger charge is -2.06. The van der Waals surface area contributed by atoms with Crippen LogP contribution >= 0.6 is 0 Å². The Hall–Kier alpha value is -2.69. The molecule has 22 heavy (non-hydrogen) atoms. The fraction of sp³-hybridized carbons (Fsp3) is 0.235. The third kappa shape index (κ3) is 2.15. The molecule has 0 unspecified atom stereocenters. The number of Topliss-reactive ketones (excluding diaryl/α,β-unsaturated/α-hetero) is 1.